The van der Waals surface area contributed by atoms with E-state index in [9.17, 15) is 0 Å². The number of rotatable bonds is 0. The summed E-state index contributed by atoms with van der Waals surface area (Å²) in [6.07, 6.45) is 21.1. The molecule has 1 fully saturated rings. The van der Waals surface area contributed by atoms with Gasteiger partial charge in [0.2, 0.25) is 0 Å². The molecule has 1 aliphatic rings. The normalized spacial score (nSPS) is 13.3. The van der Waals surface area contributed by atoms with E-state index in [-0.39, 0.29) is 43.3 Å². The van der Waals surface area contributed by atoms with Crippen molar-refractivity contribution in [2.75, 3.05) is 6.61 Å². The van der Waals surface area contributed by atoms with Crippen LogP contribution in [0, 0.1) is 64.7 Å². The molecule has 0 amide bonds. The van der Waals surface area contributed by atoms with Gasteiger partial charge in [-0.25, -0.2) is 4.98 Å². The third-order valence-electron chi connectivity index (χ3n) is 20.6. The van der Waals surface area contributed by atoms with Crippen molar-refractivity contribution >= 4 is 22.4 Å². The molecule has 1 atom stereocenters. The number of hydrogen-bond donors (Lipinski definition) is 1. The first-order valence-electron chi connectivity index (χ1n) is 41.8. The van der Waals surface area contributed by atoms with E-state index in [1.807, 2.05) is 97.8 Å². The third kappa shape index (κ3) is 40.0. The molecule has 11 heteroatoms. The smallest absolute Gasteiger partial charge is 0.112 e. The van der Waals surface area contributed by atoms with Crippen LogP contribution in [-0.2, 0) is 53.5 Å². The van der Waals surface area contributed by atoms with Crippen LogP contribution in [-0.4, -0.2) is 52.6 Å². The Bertz CT molecular complexity index is 3960. The fourth-order valence-electron chi connectivity index (χ4n) is 10.8. The highest BCUT2D eigenvalue weighted by molar-refractivity contribution is 7.10. The van der Waals surface area contributed by atoms with Gasteiger partial charge in [0, 0.05) is 100 Å². The Kier molecular flexibility index (Phi) is 41.2. The van der Waals surface area contributed by atoms with E-state index in [4.69, 9.17) is 9.15 Å². The lowest BCUT2D eigenvalue weighted by Gasteiger charge is -2.34. The second kappa shape index (κ2) is 44.9. The number of ether oxygens (including phenoxy) is 1. The van der Waals surface area contributed by atoms with Gasteiger partial charge in [-0.1, -0.05) is 286 Å². The van der Waals surface area contributed by atoms with Gasteiger partial charge in [0.05, 0.1) is 29.1 Å². The quantitative estimate of drug-likeness (QED) is 0.158. The maximum Gasteiger partial charge on any atom is 0.112 e. The topological polar surface area (TPSA) is 128 Å². The Labute approximate surface area is 708 Å². The molecule has 11 rings (SSSR count). The molecular weight excluding hydrogens is 1430 g/mol. The number of aromatic nitrogens is 8. The van der Waals surface area contributed by atoms with E-state index in [1.54, 1.807) is 31.1 Å². The summed E-state index contributed by atoms with van der Waals surface area (Å²) >= 11 is 1.83. The van der Waals surface area contributed by atoms with Gasteiger partial charge in [-0.3, -0.25) is 29.9 Å². The maximum absolute atomic E-state index is 5.52. The Morgan fingerprint density at radius 2 is 0.896 bits per heavy atom. The van der Waals surface area contributed by atoms with Crippen LogP contribution in [0.3, 0.4) is 0 Å². The molecule has 0 radical (unpaired) electrons. The number of H-pyrrole nitrogens is 1. The summed E-state index contributed by atoms with van der Waals surface area (Å²) < 4.78 is 10.7. The second-order valence-corrected chi connectivity index (χ2v) is 44.0. The van der Waals surface area contributed by atoms with Crippen LogP contribution < -0.4 is 0 Å². The van der Waals surface area contributed by atoms with Gasteiger partial charge in [-0.2, -0.15) is 0 Å². The summed E-state index contributed by atoms with van der Waals surface area (Å²) in [5.74, 6) is 2.09. The van der Waals surface area contributed by atoms with E-state index in [1.165, 1.54) is 73.4 Å². The molecule has 1 aliphatic heterocycles. The first-order chi connectivity index (χ1) is 52.1. The molecule has 0 aliphatic carbocycles. The van der Waals surface area contributed by atoms with E-state index in [0.717, 1.165) is 46.3 Å². The summed E-state index contributed by atoms with van der Waals surface area (Å²) in [6, 6.07) is 32.7. The number of imidazole rings is 1. The van der Waals surface area contributed by atoms with Gasteiger partial charge in [-0.05, 0) is 226 Å². The predicted octanol–water partition coefficient (Wildman–Crippen LogP) is 30.2. The van der Waals surface area contributed by atoms with Crippen LogP contribution in [0.5, 0.6) is 0 Å². The number of nitrogens with one attached hydrogen (secondary N) is 1. The zero-order valence-electron chi connectivity index (χ0n) is 81.1. The molecule has 2 aromatic carbocycles. The minimum atomic E-state index is 0.0962. The molecule has 0 spiro atoms. The summed E-state index contributed by atoms with van der Waals surface area (Å²) in [7, 11) is 0. The molecule has 638 valence electrons. The van der Waals surface area contributed by atoms with Crippen LogP contribution in [0.4, 0.5) is 0 Å². The van der Waals surface area contributed by atoms with Crippen LogP contribution in [0.1, 0.15) is 351 Å². The zero-order valence-corrected chi connectivity index (χ0v) is 82.0. The number of furan rings is 1. The summed E-state index contributed by atoms with van der Waals surface area (Å²) in [5.41, 5.74) is 22.6. The minimum absolute atomic E-state index is 0.0962. The van der Waals surface area contributed by atoms with Crippen LogP contribution in [0.25, 0.3) is 11.0 Å². The predicted molar refractivity (Wildman–Crippen MR) is 503 cm³/mol. The van der Waals surface area contributed by atoms with Crippen molar-refractivity contribution in [1.82, 2.24) is 39.9 Å². The van der Waals surface area contributed by atoms with Gasteiger partial charge < -0.3 is 14.1 Å². The number of aryl methyl sites for hydroxylation is 2. The highest BCUT2D eigenvalue weighted by Gasteiger charge is 2.29. The number of aromatic amines is 1. The number of thiophene rings is 1. The monoisotopic (exact) mass is 1590 g/mol. The Balaban J connectivity index is 0.000000635. The molecule has 115 heavy (non-hydrogen) atoms. The Morgan fingerprint density at radius 3 is 1.20 bits per heavy atom. The van der Waals surface area contributed by atoms with Crippen molar-refractivity contribution < 1.29 is 9.15 Å². The molecule has 8 aromatic heterocycles. The van der Waals surface area contributed by atoms with E-state index < -0.39 is 0 Å². The molecule has 10 aromatic rings. The van der Waals surface area contributed by atoms with Crippen molar-refractivity contribution in [2.24, 2.45) is 16.2 Å². The second-order valence-electron chi connectivity index (χ2n) is 43.1. The Morgan fingerprint density at radius 1 is 0.383 bits per heavy atom. The number of fused-ring (bicyclic) bond motifs is 1. The average Bonchev–Trinajstić information content (AvgIpc) is 1.48. The van der Waals surface area contributed by atoms with Crippen LogP contribution in [0.2, 0.25) is 0 Å². The highest BCUT2D eigenvalue weighted by Crippen LogP contribution is 2.38. The average molecular weight is 1590 g/mol. The van der Waals surface area contributed by atoms with Crippen molar-refractivity contribution in [3.8, 4) is 0 Å². The summed E-state index contributed by atoms with van der Waals surface area (Å²) in [5, 5.41) is 2.13. The fraction of sp³-hybridized carbons (Fsp3) is 0.567. The summed E-state index contributed by atoms with van der Waals surface area (Å²) in [4.78, 5) is 34.1. The molecule has 0 bridgehead atoms. The lowest BCUT2D eigenvalue weighted by atomic mass is 9.71. The number of pyridine rings is 4. The lowest BCUT2D eigenvalue weighted by Crippen LogP contribution is -2.25. The Hall–Kier alpha value is -7.47. The van der Waals surface area contributed by atoms with Crippen LogP contribution >= 0.6 is 11.3 Å². The number of hydrogen-bond acceptors (Lipinski definition) is 10. The van der Waals surface area contributed by atoms with Crippen molar-refractivity contribution in [2.45, 2.75) is 365 Å². The molecule has 1 N–H and O–H groups in total. The van der Waals surface area contributed by atoms with Crippen LogP contribution in [0.15, 0.2) is 169 Å². The van der Waals surface area contributed by atoms with Crippen molar-refractivity contribution in [3.63, 3.8) is 0 Å². The molecule has 9 heterocycles. The van der Waals surface area contributed by atoms with Gasteiger partial charge in [0.15, 0.2) is 0 Å². The van der Waals surface area contributed by atoms with Crippen molar-refractivity contribution in [3.05, 3.63) is 254 Å². The molecular formula is C104H164N8O2S. The SMILES string of the molecule is CC(C)(C)C(C)(C)C.CC(C)(C)C1CCCO1.CC(C)(C)c1ccccn1.CC(C)(C)c1cccnc1.CC(C)(C)c1ccco1.CC(C)(C)c1cccs1.CC(C)(C)c1ccncc1.CC(C)(C)c1cnccn1.CC(C)(C)c1nc2ccccc2[nH]1.Cc1c(C)c(C)c(C(C)(C)C)c(C)c1C.Cc1cc(C(C)(C)C)cnc1C. The zero-order chi connectivity index (χ0) is 89.0. The largest absolute Gasteiger partial charge is 0.469 e. The van der Waals surface area contributed by atoms with Crippen molar-refractivity contribution in [1.29, 1.82) is 0 Å². The molecule has 0 saturated carbocycles. The van der Waals surface area contributed by atoms with Gasteiger partial charge in [0.25, 0.3) is 0 Å². The van der Waals surface area contributed by atoms with Gasteiger partial charge >= 0.3 is 0 Å². The first kappa shape index (κ1) is 106. The number of benzene rings is 2. The highest BCUT2D eigenvalue weighted by atomic mass is 32.1. The van der Waals surface area contributed by atoms with E-state index in [2.05, 4.69) is 385 Å². The standard InChI is InChI=1S/C15H24.C11H14N2.C11H17N.3C9H13N.C8H12N2.C8H16O.C8H12O.C8H12S.C8H18/c1-9-10(2)12(4)14(15(6,7)8)13(5)11(9)3;1-11(2,3)10-12-8-6-4-5-7-9(8)13-10;1-8-6-10(11(3,4)5)7-12-9(8)2;1-9(2,3)8-4-6-10-7-5-8;1-9(2,3)8-5-4-6-10-7-8;1-9(2,3)8-6-4-5-7-10-8;1-8(2,3)7-6-9-4-5-10-7;3*1-8(2,3)7-5-4-6-9-7;1-7(2,3)8(4,5)6/h1-8H3;4-7H,1-3H3,(H,12,13);6-7H,1-5H3;3*4-7H,1-3H3;4-6H,1-3H3;7H,4-6H2,1-3H3;2*4-6H,1-3H3;1-6H3. The minimum Gasteiger partial charge on any atom is -0.469 e. The first-order valence-corrected chi connectivity index (χ1v) is 42.7. The molecule has 10 nitrogen and oxygen atoms in total. The van der Waals surface area contributed by atoms with E-state index >= 15 is 0 Å². The lowest BCUT2D eigenvalue weighted by molar-refractivity contribution is 0.0290. The maximum atomic E-state index is 5.52. The van der Waals surface area contributed by atoms with Gasteiger partial charge in [-0.15, -0.1) is 11.3 Å². The number of para-hydroxylation sites is 2. The number of nitrogens with zero attached hydrogens (tertiary/aromatic N) is 7. The third-order valence-corrected chi connectivity index (χ3v) is 21.9. The molecule has 1 saturated heterocycles. The fourth-order valence-corrected chi connectivity index (χ4v) is 11.6. The summed E-state index contributed by atoms with van der Waals surface area (Å²) in [6.45, 7) is 95.8. The van der Waals surface area contributed by atoms with E-state index in [0.29, 0.717) is 27.8 Å². The molecule has 1 unspecified atom stereocenters. The van der Waals surface area contributed by atoms with Gasteiger partial charge in [0.1, 0.15) is 11.6 Å².